The Morgan fingerprint density at radius 2 is 1.54 bits per heavy atom. The molecule has 2 atom stereocenters. The van der Waals surface area contributed by atoms with E-state index in [0.29, 0.717) is 12.8 Å². The van der Waals surface area contributed by atoms with E-state index >= 15 is 0 Å². The molecule has 128 valence electrons. The Kier molecular flexibility index (Phi) is 6.85. The maximum atomic E-state index is 10.2. The molecule has 0 amide bonds. The molecular weight excluding hydrogens is 304 g/mol. The standard InChI is InChI=1S/C20H24O4/c1-24-20(13-7-16-4-10-18(22)11-5-16)14-19(23)12-6-15-2-8-17(21)9-3-15/h2-5,7-11,13,19-23H,6,12,14H2,1H3. The number of phenols is 2. The minimum atomic E-state index is -0.465. The van der Waals surface area contributed by atoms with Gasteiger partial charge in [-0.2, -0.15) is 0 Å². The third kappa shape index (κ3) is 6.07. The quantitative estimate of drug-likeness (QED) is 0.693. The maximum Gasteiger partial charge on any atom is 0.115 e. The number of benzene rings is 2. The number of hydrogen-bond donors (Lipinski definition) is 3. The second kappa shape index (κ2) is 9.11. The zero-order valence-electron chi connectivity index (χ0n) is 13.8. The summed E-state index contributed by atoms with van der Waals surface area (Å²) in [6.45, 7) is 0. The summed E-state index contributed by atoms with van der Waals surface area (Å²) >= 11 is 0. The zero-order valence-corrected chi connectivity index (χ0v) is 13.8. The van der Waals surface area contributed by atoms with Crippen molar-refractivity contribution < 1.29 is 20.1 Å². The highest BCUT2D eigenvalue weighted by atomic mass is 16.5. The first-order chi connectivity index (χ1) is 11.6. The highest BCUT2D eigenvalue weighted by molar-refractivity contribution is 5.50. The minimum Gasteiger partial charge on any atom is -0.508 e. The summed E-state index contributed by atoms with van der Waals surface area (Å²) in [6, 6.07) is 13.9. The number of ether oxygens (including phenoxy) is 1. The van der Waals surface area contributed by atoms with E-state index in [1.54, 1.807) is 31.4 Å². The SMILES string of the molecule is COC(C=Cc1ccc(O)cc1)CC(O)CCc1ccc(O)cc1. The summed E-state index contributed by atoms with van der Waals surface area (Å²) < 4.78 is 5.40. The van der Waals surface area contributed by atoms with Crippen LogP contribution in [-0.4, -0.2) is 34.6 Å². The van der Waals surface area contributed by atoms with Crippen LogP contribution in [0.2, 0.25) is 0 Å². The normalized spacial score (nSPS) is 13.9. The lowest BCUT2D eigenvalue weighted by atomic mass is 10.0. The Morgan fingerprint density at radius 3 is 2.12 bits per heavy atom. The average Bonchev–Trinajstić information content (AvgIpc) is 2.59. The van der Waals surface area contributed by atoms with Crippen molar-refractivity contribution in [3.05, 3.63) is 65.7 Å². The van der Waals surface area contributed by atoms with Crippen LogP contribution in [-0.2, 0) is 11.2 Å². The topological polar surface area (TPSA) is 69.9 Å². The Bertz CT molecular complexity index is 632. The van der Waals surface area contributed by atoms with Crippen molar-refractivity contribution in [3.63, 3.8) is 0 Å². The van der Waals surface area contributed by atoms with Crippen molar-refractivity contribution >= 4 is 6.08 Å². The minimum absolute atomic E-state index is 0.173. The van der Waals surface area contributed by atoms with Gasteiger partial charge in [0.25, 0.3) is 0 Å². The summed E-state index contributed by atoms with van der Waals surface area (Å²) in [7, 11) is 1.62. The second-order valence-corrected chi connectivity index (χ2v) is 5.82. The molecule has 0 saturated carbocycles. The molecule has 0 heterocycles. The van der Waals surface area contributed by atoms with E-state index in [1.807, 2.05) is 36.4 Å². The maximum absolute atomic E-state index is 10.2. The van der Waals surface area contributed by atoms with Crippen LogP contribution in [0.25, 0.3) is 6.08 Å². The molecule has 2 aromatic carbocycles. The van der Waals surface area contributed by atoms with E-state index in [9.17, 15) is 15.3 Å². The molecule has 0 fully saturated rings. The molecule has 0 aliphatic carbocycles. The van der Waals surface area contributed by atoms with Gasteiger partial charge in [-0.25, -0.2) is 0 Å². The number of aryl methyl sites for hydroxylation is 1. The first-order valence-corrected chi connectivity index (χ1v) is 8.03. The Labute approximate surface area is 142 Å². The van der Waals surface area contributed by atoms with Crippen molar-refractivity contribution in [3.8, 4) is 11.5 Å². The molecule has 0 aliphatic rings. The van der Waals surface area contributed by atoms with Crippen molar-refractivity contribution in [1.29, 1.82) is 0 Å². The predicted molar refractivity (Wildman–Crippen MR) is 95.0 cm³/mol. The lowest BCUT2D eigenvalue weighted by molar-refractivity contribution is 0.0685. The van der Waals surface area contributed by atoms with Crippen molar-refractivity contribution in [2.24, 2.45) is 0 Å². The first-order valence-electron chi connectivity index (χ1n) is 8.03. The number of aliphatic hydroxyl groups is 1. The number of aromatic hydroxyl groups is 2. The van der Waals surface area contributed by atoms with E-state index in [1.165, 1.54) is 0 Å². The smallest absolute Gasteiger partial charge is 0.115 e. The van der Waals surface area contributed by atoms with Crippen LogP contribution in [0.4, 0.5) is 0 Å². The molecule has 0 spiro atoms. The molecule has 4 nitrogen and oxygen atoms in total. The van der Waals surface area contributed by atoms with Crippen LogP contribution in [0.15, 0.2) is 54.6 Å². The molecule has 0 aliphatic heterocycles. The van der Waals surface area contributed by atoms with Gasteiger partial charge >= 0.3 is 0 Å². The van der Waals surface area contributed by atoms with E-state index in [4.69, 9.17) is 4.74 Å². The van der Waals surface area contributed by atoms with E-state index in [2.05, 4.69) is 0 Å². The first kappa shape index (κ1) is 18.0. The molecule has 0 radical (unpaired) electrons. The van der Waals surface area contributed by atoms with E-state index in [-0.39, 0.29) is 17.6 Å². The molecule has 2 unspecified atom stereocenters. The van der Waals surface area contributed by atoms with Crippen LogP contribution in [0.1, 0.15) is 24.0 Å². The van der Waals surface area contributed by atoms with E-state index in [0.717, 1.165) is 17.5 Å². The predicted octanol–water partition coefficient (Wildman–Crippen LogP) is 3.51. The zero-order chi connectivity index (χ0) is 17.4. The molecular formula is C20H24O4. The monoisotopic (exact) mass is 328 g/mol. The molecule has 4 heteroatoms. The lowest BCUT2D eigenvalue weighted by Crippen LogP contribution is -2.18. The van der Waals surface area contributed by atoms with Crippen LogP contribution >= 0.6 is 0 Å². The Hall–Kier alpha value is -2.30. The van der Waals surface area contributed by atoms with Crippen molar-refractivity contribution in [1.82, 2.24) is 0 Å². The average molecular weight is 328 g/mol. The van der Waals surface area contributed by atoms with Gasteiger partial charge in [0.15, 0.2) is 0 Å². The summed E-state index contributed by atoms with van der Waals surface area (Å²) in [5.74, 6) is 0.484. The molecule has 3 N–H and O–H groups in total. The number of rotatable bonds is 8. The fourth-order valence-electron chi connectivity index (χ4n) is 2.44. The number of hydrogen-bond acceptors (Lipinski definition) is 4. The fourth-order valence-corrected chi connectivity index (χ4v) is 2.44. The summed E-state index contributed by atoms with van der Waals surface area (Å²) in [5.41, 5.74) is 2.05. The number of phenolic OH excluding ortho intramolecular Hbond substituents is 2. The van der Waals surface area contributed by atoms with Gasteiger partial charge in [-0.3, -0.25) is 0 Å². The van der Waals surface area contributed by atoms with Gasteiger partial charge in [-0.1, -0.05) is 36.4 Å². The summed E-state index contributed by atoms with van der Waals surface area (Å²) in [6.07, 6.45) is 5.10. The van der Waals surface area contributed by atoms with Gasteiger partial charge in [-0.15, -0.1) is 0 Å². The summed E-state index contributed by atoms with van der Waals surface area (Å²) in [5, 5.41) is 28.7. The van der Waals surface area contributed by atoms with Gasteiger partial charge in [0.1, 0.15) is 11.5 Å². The van der Waals surface area contributed by atoms with Crippen molar-refractivity contribution in [2.75, 3.05) is 7.11 Å². The molecule has 2 aromatic rings. The van der Waals surface area contributed by atoms with Gasteiger partial charge in [0.2, 0.25) is 0 Å². The number of methoxy groups -OCH3 is 1. The van der Waals surface area contributed by atoms with Gasteiger partial charge in [-0.05, 0) is 48.2 Å². The largest absolute Gasteiger partial charge is 0.508 e. The highest BCUT2D eigenvalue weighted by Crippen LogP contribution is 2.16. The molecule has 0 saturated heterocycles. The van der Waals surface area contributed by atoms with Crippen LogP contribution in [0, 0.1) is 0 Å². The van der Waals surface area contributed by atoms with Crippen LogP contribution in [0.5, 0.6) is 11.5 Å². The van der Waals surface area contributed by atoms with Gasteiger partial charge in [0.05, 0.1) is 12.2 Å². The third-order valence-corrected chi connectivity index (χ3v) is 3.91. The highest BCUT2D eigenvalue weighted by Gasteiger charge is 2.11. The van der Waals surface area contributed by atoms with Gasteiger partial charge < -0.3 is 20.1 Å². The van der Waals surface area contributed by atoms with E-state index < -0.39 is 6.10 Å². The lowest BCUT2D eigenvalue weighted by Gasteiger charge is -2.16. The number of aliphatic hydroxyl groups excluding tert-OH is 1. The fraction of sp³-hybridized carbons (Fsp3) is 0.300. The molecule has 24 heavy (non-hydrogen) atoms. The Balaban J connectivity index is 1.82. The third-order valence-electron chi connectivity index (χ3n) is 3.91. The molecule has 0 aromatic heterocycles. The second-order valence-electron chi connectivity index (χ2n) is 5.82. The molecule has 2 rings (SSSR count). The summed E-state index contributed by atoms with van der Waals surface area (Å²) in [4.78, 5) is 0. The molecule has 0 bridgehead atoms. The van der Waals surface area contributed by atoms with Crippen LogP contribution in [0.3, 0.4) is 0 Å². The Morgan fingerprint density at radius 1 is 0.958 bits per heavy atom. The van der Waals surface area contributed by atoms with Crippen LogP contribution < -0.4 is 0 Å². The van der Waals surface area contributed by atoms with Gasteiger partial charge in [0, 0.05) is 13.5 Å². The van der Waals surface area contributed by atoms with Crippen molar-refractivity contribution in [2.45, 2.75) is 31.5 Å².